The number of hydrogen-bond acceptors (Lipinski definition) is 2. The van der Waals surface area contributed by atoms with Gasteiger partial charge in [0.05, 0.1) is 12.2 Å². The number of aliphatic imine (C=N–C) groups is 1. The van der Waals surface area contributed by atoms with Crippen molar-refractivity contribution in [2.75, 3.05) is 6.54 Å². The van der Waals surface area contributed by atoms with E-state index in [1.165, 1.54) is 0 Å². The lowest BCUT2D eigenvalue weighted by Gasteiger charge is -2.00. The van der Waals surface area contributed by atoms with Gasteiger partial charge >= 0.3 is 0 Å². The number of hydrogen-bond donors (Lipinski definition) is 2. The first-order chi connectivity index (χ1) is 8.29. The quantitative estimate of drug-likeness (QED) is 0.465. The van der Waals surface area contributed by atoms with E-state index in [1.54, 1.807) is 6.08 Å². The van der Waals surface area contributed by atoms with Crippen molar-refractivity contribution < 1.29 is 0 Å². The molecule has 0 aliphatic carbocycles. The summed E-state index contributed by atoms with van der Waals surface area (Å²) in [5.41, 5.74) is 7.46. The Bertz CT molecular complexity index is 508. The molecule has 5 nitrogen and oxygen atoms in total. The van der Waals surface area contributed by atoms with Gasteiger partial charge in [-0.25, -0.2) is 9.98 Å². The van der Waals surface area contributed by atoms with E-state index in [4.69, 9.17) is 5.73 Å². The van der Waals surface area contributed by atoms with Crippen molar-refractivity contribution in [3.63, 3.8) is 0 Å². The summed E-state index contributed by atoms with van der Waals surface area (Å²) in [7, 11) is 0. The van der Waals surface area contributed by atoms with Crippen LogP contribution >= 0.6 is 0 Å². The van der Waals surface area contributed by atoms with E-state index in [9.17, 15) is 0 Å². The van der Waals surface area contributed by atoms with Crippen LogP contribution in [0.2, 0.25) is 0 Å². The molecule has 3 N–H and O–H groups in total. The van der Waals surface area contributed by atoms with E-state index in [-0.39, 0.29) is 0 Å². The van der Waals surface area contributed by atoms with Crippen molar-refractivity contribution in [3.05, 3.63) is 48.9 Å². The molecule has 2 rings (SSSR count). The molecule has 88 valence electrons. The Labute approximate surface area is 99.7 Å². The van der Waals surface area contributed by atoms with Gasteiger partial charge in [-0.05, 0) is 12.1 Å². The molecule has 2 heterocycles. The number of imidazole rings is 1. The minimum atomic E-state index is 0.405. The van der Waals surface area contributed by atoms with Crippen LogP contribution in [0.3, 0.4) is 0 Å². The minimum Gasteiger partial charge on any atom is -0.370 e. The van der Waals surface area contributed by atoms with Crippen LogP contribution in [-0.4, -0.2) is 21.9 Å². The number of nitrogens with zero attached hydrogens (tertiary/aromatic N) is 3. The van der Waals surface area contributed by atoms with Crippen molar-refractivity contribution >= 4 is 11.6 Å². The Kier molecular flexibility index (Phi) is 3.40. The standard InChI is InChI=1S/C12H15N5/c1-2-6-14-12(13)15-8-10-9-17-7-4-3-5-11(17)16-10/h2-5,7,9H,1,6,8H2,(H3,13,14,15). The lowest BCUT2D eigenvalue weighted by molar-refractivity contribution is 0.951. The number of rotatable bonds is 4. The van der Waals surface area contributed by atoms with Gasteiger partial charge in [-0.2, -0.15) is 0 Å². The van der Waals surface area contributed by atoms with E-state index < -0.39 is 0 Å². The van der Waals surface area contributed by atoms with Crippen LogP contribution in [0.5, 0.6) is 0 Å². The molecule has 2 aromatic rings. The van der Waals surface area contributed by atoms with Crippen LogP contribution in [0.4, 0.5) is 0 Å². The fourth-order valence-corrected chi connectivity index (χ4v) is 1.46. The van der Waals surface area contributed by atoms with E-state index >= 15 is 0 Å². The molecule has 0 saturated heterocycles. The van der Waals surface area contributed by atoms with Crippen LogP contribution in [0.1, 0.15) is 5.69 Å². The summed E-state index contributed by atoms with van der Waals surface area (Å²) in [6, 6.07) is 5.86. The maximum atomic E-state index is 5.66. The predicted molar refractivity (Wildman–Crippen MR) is 68.7 cm³/mol. The van der Waals surface area contributed by atoms with E-state index in [2.05, 4.69) is 21.9 Å². The lowest BCUT2D eigenvalue weighted by Crippen LogP contribution is -2.31. The molecule has 0 amide bonds. The van der Waals surface area contributed by atoms with Crippen LogP contribution in [0.15, 0.2) is 48.2 Å². The van der Waals surface area contributed by atoms with Crippen LogP contribution < -0.4 is 11.1 Å². The van der Waals surface area contributed by atoms with Gasteiger partial charge in [-0.3, -0.25) is 0 Å². The van der Waals surface area contributed by atoms with Gasteiger partial charge < -0.3 is 15.5 Å². The third-order valence-corrected chi connectivity index (χ3v) is 2.25. The lowest BCUT2D eigenvalue weighted by atomic mass is 10.5. The average Bonchev–Trinajstić information content (AvgIpc) is 2.76. The summed E-state index contributed by atoms with van der Waals surface area (Å²) in [6.07, 6.45) is 5.63. The summed E-state index contributed by atoms with van der Waals surface area (Å²) in [4.78, 5) is 8.60. The molecular weight excluding hydrogens is 214 g/mol. The van der Waals surface area contributed by atoms with E-state index in [0.29, 0.717) is 19.0 Å². The zero-order valence-electron chi connectivity index (χ0n) is 9.50. The topological polar surface area (TPSA) is 67.7 Å². The molecule has 0 fully saturated rings. The number of nitrogens with one attached hydrogen (secondary N) is 1. The van der Waals surface area contributed by atoms with E-state index in [1.807, 2.05) is 35.0 Å². The van der Waals surface area contributed by atoms with Crippen LogP contribution in [0, 0.1) is 0 Å². The normalized spacial score (nSPS) is 11.6. The van der Waals surface area contributed by atoms with Gasteiger partial charge in [-0.1, -0.05) is 12.1 Å². The first-order valence-corrected chi connectivity index (χ1v) is 5.37. The minimum absolute atomic E-state index is 0.405. The van der Waals surface area contributed by atoms with Gasteiger partial charge in [0, 0.05) is 18.9 Å². The molecule has 0 atom stereocenters. The van der Waals surface area contributed by atoms with Crippen molar-refractivity contribution in [1.29, 1.82) is 0 Å². The van der Waals surface area contributed by atoms with Gasteiger partial charge in [0.2, 0.25) is 0 Å². The molecule has 0 bridgehead atoms. The second-order valence-corrected chi connectivity index (χ2v) is 3.57. The first kappa shape index (κ1) is 11.2. The molecule has 0 aliphatic rings. The third-order valence-electron chi connectivity index (χ3n) is 2.25. The summed E-state index contributed by atoms with van der Waals surface area (Å²) >= 11 is 0. The summed E-state index contributed by atoms with van der Waals surface area (Å²) in [6.45, 7) is 4.67. The van der Waals surface area contributed by atoms with Gasteiger partial charge in [0.15, 0.2) is 5.96 Å². The molecule has 0 unspecified atom stereocenters. The first-order valence-electron chi connectivity index (χ1n) is 5.37. The van der Waals surface area contributed by atoms with Crippen LogP contribution in [-0.2, 0) is 6.54 Å². The third kappa shape index (κ3) is 2.84. The van der Waals surface area contributed by atoms with Gasteiger partial charge in [-0.15, -0.1) is 6.58 Å². The molecule has 0 spiro atoms. The Hall–Kier alpha value is -2.30. The molecular formula is C12H15N5. The highest BCUT2D eigenvalue weighted by Crippen LogP contribution is 2.05. The Morgan fingerprint density at radius 2 is 2.47 bits per heavy atom. The Morgan fingerprint density at radius 1 is 1.59 bits per heavy atom. The van der Waals surface area contributed by atoms with Crippen molar-refractivity contribution in [2.24, 2.45) is 10.7 Å². The molecule has 5 heteroatoms. The van der Waals surface area contributed by atoms with Crippen molar-refractivity contribution in [2.45, 2.75) is 6.54 Å². The highest BCUT2D eigenvalue weighted by Gasteiger charge is 1.99. The second-order valence-electron chi connectivity index (χ2n) is 3.57. The number of fused-ring (bicyclic) bond motifs is 1. The van der Waals surface area contributed by atoms with Crippen molar-refractivity contribution in [3.8, 4) is 0 Å². The summed E-state index contributed by atoms with van der Waals surface area (Å²) in [5, 5.41) is 2.91. The monoisotopic (exact) mass is 229 g/mol. The average molecular weight is 229 g/mol. The number of nitrogens with two attached hydrogens (primary N) is 1. The molecule has 2 aromatic heterocycles. The fourth-order valence-electron chi connectivity index (χ4n) is 1.46. The SMILES string of the molecule is C=CCNC(N)=NCc1cn2ccccc2n1. The van der Waals surface area contributed by atoms with Gasteiger partial charge in [0.25, 0.3) is 0 Å². The Morgan fingerprint density at radius 3 is 3.24 bits per heavy atom. The van der Waals surface area contributed by atoms with Crippen LogP contribution in [0.25, 0.3) is 5.65 Å². The molecule has 0 aliphatic heterocycles. The molecule has 17 heavy (non-hydrogen) atoms. The maximum absolute atomic E-state index is 5.66. The van der Waals surface area contributed by atoms with E-state index in [0.717, 1.165) is 11.3 Å². The predicted octanol–water partition coefficient (Wildman–Crippen LogP) is 0.925. The number of aromatic nitrogens is 2. The summed E-state index contributed by atoms with van der Waals surface area (Å²) < 4.78 is 1.96. The highest BCUT2D eigenvalue weighted by atomic mass is 15.1. The highest BCUT2D eigenvalue weighted by molar-refractivity contribution is 5.77. The summed E-state index contributed by atoms with van der Waals surface area (Å²) in [5.74, 6) is 0.405. The molecule has 0 radical (unpaired) electrons. The molecule has 0 aromatic carbocycles. The largest absolute Gasteiger partial charge is 0.370 e. The fraction of sp³-hybridized carbons (Fsp3) is 0.167. The van der Waals surface area contributed by atoms with Gasteiger partial charge in [0.1, 0.15) is 5.65 Å². The zero-order valence-corrected chi connectivity index (χ0v) is 9.50. The maximum Gasteiger partial charge on any atom is 0.189 e. The number of pyridine rings is 1. The second kappa shape index (κ2) is 5.16. The Balaban J connectivity index is 2.05. The molecule has 0 saturated carbocycles. The number of guanidine groups is 1. The zero-order chi connectivity index (χ0) is 12.1. The van der Waals surface area contributed by atoms with Crippen molar-refractivity contribution in [1.82, 2.24) is 14.7 Å². The smallest absolute Gasteiger partial charge is 0.189 e.